The van der Waals surface area contributed by atoms with E-state index < -0.39 is 5.91 Å². The highest BCUT2D eigenvalue weighted by atomic mass is 16.5. The fraction of sp³-hybridized carbons (Fsp3) is 0.200. The molecule has 6 nitrogen and oxygen atoms in total. The summed E-state index contributed by atoms with van der Waals surface area (Å²) in [6.45, 7) is 0.736. The highest BCUT2D eigenvalue weighted by Crippen LogP contribution is 2.34. The number of nitrogens with two attached hydrogens (primary N) is 1. The maximum absolute atomic E-state index is 13.1. The van der Waals surface area contributed by atoms with E-state index in [1.54, 1.807) is 55.6 Å². The number of carbonyl (C=O) groups excluding carboxylic acids is 2. The van der Waals surface area contributed by atoms with Gasteiger partial charge in [-0.05, 0) is 79.1 Å². The predicted octanol–water partition coefficient (Wildman–Crippen LogP) is 4.56. The number of methoxy groups -OCH3 is 1. The zero-order chi connectivity index (χ0) is 21.8. The molecule has 3 aromatic rings. The van der Waals surface area contributed by atoms with Crippen LogP contribution in [0.25, 0.3) is 0 Å². The number of ether oxygens (including phenoxy) is 2. The number of likely N-dealkylation sites (tertiary alicyclic amines) is 1. The van der Waals surface area contributed by atoms with Crippen LogP contribution >= 0.6 is 0 Å². The van der Waals surface area contributed by atoms with Crippen LogP contribution in [0, 0.1) is 0 Å². The molecule has 3 aromatic carbocycles. The van der Waals surface area contributed by atoms with E-state index in [9.17, 15) is 9.59 Å². The Morgan fingerprint density at radius 3 is 1.94 bits per heavy atom. The Bertz CT molecular complexity index is 1060. The van der Waals surface area contributed by atoms with E-state index in [2.05, 4.69) is 0 Å². The van der Waals surface area contributed by atoms with Crippen molar-refractivity contribution in [3.8, 4) is 17.2 Å². The molecule has 31 heavy (non-hydrogen) atoms. The first kappa shape index (κ1) is 20.5. The minimum Gasteiger partial charge on any atom is -0.497 e. The number of hydrogen-bond donors (Lipinski definition) is 1. The van der Waals surface area contributed by atoms with Gasteiger partial charge in [0.15, 0.2) is 0 Å². The molecule has 6 heteroatoms. The summed E-state index contributed by atoms with van der Waals surface area (Å²) in [5.74, 6) is 1.53. The van der Waals surface area contributed by atoms with Crippen LogP contribution < -0.4 is 15.2 Å². The van der Waals surface area contributed by atoms with Crippen LogP contribution in [0.3, 0.4) is 0 Å². The van der Waals surface area contributed by atoms with Crippen LogP contribution in [0.15, 0.2) is 72.8 Å². The summed E-state index contributed by atoms with van der Waals surface area (Å²) in [6, 6.07) is 21.7. The third-order valence-electron chi connectivity index (χ3n) is 5.49. The van der Waals surface area contributed by atoms with Crippen LogP contribution in [-0.2, 0) is 0 Å². The SMILES string of the molecule is COc1ccc(C2CCCN2C(=O)c2ccc(Oc3ccc(C(N)=O)cc3)cc2)cc1. The smallest absolute Gasteiger partial charge is 0.254 e. The van der Waals surface area contributed by atoms with Crippen LogP contribution in [0.2, 0.25) is 0 Å². The van der Waals surface area contributed by atoms with Gasteiger partial charge >= 0.3 is 0 Å². The van der Waals surface area contributed by atoms with Crippen molar-refractivity contribution in [1.82, 2.24) is 4.90 Å². The molecule has 0 radical (unpaired) electrons. The summed E-state index contributed by atoms with van der Waals surface area (Å²) in [5, 5.41) is 0. The minimum atomic E-state index is -0.482. The molecule has 0 bridgehead atoms. The van der Waals surface area contributed by atoms with Crippen molar-refractivity contribution in [2.45, 2.75) is 18.9 Å². The van der Waals surface area contributed by atoms with Gasteiger partial charge in [0.25, 0.3) is 5.91 Å². The first-order chi connectivity index (χ1) is 15.0. The van der Waals surface area contributed by atoms with Crippen LogP contribution in [0.4, 0.5) is 0 Å². The molecule has 2 amide bonds. The molecule has 0 aliphatic carbocycles. The second-order valence-electron chi connectivity index (χ2n) is 7.44. The summed E-state index contributed by atoms with van der Waals surface area (Å²) in [6.07, 6.45) is 1.92. The van der Waals surface area contributed by atoms with E-state index in [1.165, 1.54) is 0 Å². The second kappa shape index (κ2) is 8.92. The van der Waals surface area contributed by atoms with Crippen molar-refractivity contribution in [2.24, 2.45) is 5.73 Å². The zero-order valence-corrected chi connectivity index (χ0v) is 17.3. The predicted molar refractivity (Wildman–Crippen MR) is 117 cm³/mol. The van der Waals surface area contributed by atoms with Crippen LogP contribution in [-0.4, -0.2) is 30.4 Å². The molecule has 0 spiro atoms. The molecule has 2 N–H and O–H groups in total. The Morgan fingerprint density at radius 1 is 0.839 bits per heavy atom. The molecule has 1 aliphatic heterocycles. The monoisotopic (exact) mass is 416 g/mol. The molecule has 0 saturated carbocycles. The van der Waals surface area contributed by atoms with Crippen LogP contribution in [0.1, 0.15) is 45.2 Å². The van der Waals surface area contributed by atoms with Crippen molar-refractivity contribution in [1.29, 1.82) is 0 Å². The Balaban J connectivity index is 1.45. The average molecular weight is 416 g/mol. The van der Waals surface area contributed by atoms with Crippen molar-refractivity contribution >= 4 is 11.8 Å². The Labute approximate surface area is 181 Å². The van der Waals surface area contributed by atoms with Gasteiger partial charge in [-0.25, -0.2) is 0 Å². The van der Waals surface area contributed by atoms with Crippen molar-refractivity contribution in [2.75, 3.05) is 13.7 Å². The van der Waals surface area contributed by atoms with E-state index in [0.29, 0.717) is 22.6 Å². The van der Waals surface area contributed by atoms with Gasteiger partial charge in [-0.3, -0.25) is 9.59 Å². The number of carbonyl (C=O) groups is 2. The molecule has 1 saturated heterocycles. The molecular weight excluding hydrogens is 392 g/mol. The summed E-state index contributed by atoms with van der Waals surface area (Å²) in [5.41, 5.74) is 7.41. The Morgan fingerprint density at radius 2 is 1.39 bits per heavy atom. The maximum Gasteiger partial charge on any atom is 0.254 e. The van der Waals surface area contributed by atoms with E-state index in [1.807, 2.05) is 29.2 Å². The fourth-order valence-electron chi connectivity index (χ4n) is 3.84. The lowest BCUT2D eigenvalue weighted by Gasteiger charge is -2.25. The Kier molecular flexibility index (Phi) is 5.89. The molecule has 1 unspecified atom stereocenters. The molecule has 158 valence electrons. The first-order valence-corrected chi connectivity index (χ1v) is 10.2. The standard InChI is InChI=1S/C25H24N2O4/c1-30-20-10-4-17(5-11-20)23-3-2-16-27(23)25(29)19-8-14-22(15-9-19)31-21-12-6-18(7-13-21)24(26)28/h4-15,23H,2-3,16H2,1H3,(H2,26,28). The molecule has 1 atom stereocenters. The number of nitrogens with zero attached hydrogens (tertiary/aromatic N) is 1. The lowest BCUT2D eigenvalue weighted by atomic mass is 10.0. The van der Waals surface area contributed by atoms with Gasteiger partial charge in [0, 0.05) is 17.7 Å². The van der Waals surface area contributed by atoms with E-state index in [4.69, 9.17) is 15.2 Å². The summed E-state index contributed by atoms with van der Waals surface area (Å²) < 4.78 is 11.0. The van der Waals surface area contributed by atoms with Crippen molar-refractivity contribution in [3.05, 3.63) is 89.5 Å². The molecule has 0 aromatic heterocycles. The molecule has 4 rings (SSSR count). The Hall–Kier alpha value is -3.80. The van der Waals surface area contributed by atoms with Gasteiger partial charge in [-0.15, -0.1) is 0 Å². The summed E-state index contributed by atoms with van der Waals surface area (Å²) in [4.78, 5) is 26.2. The van der Waals surface area contributed by atoms with E-state index >= 15 is 0 Å². The highest BCUT2D eigenvalue weighted by Gasteiger charge is 2.30. The second-order valence-corrected chi connectivity index (χ2v) is 7.44. The summed E-state index contributed by atoms with van der Waals surface area (Å²) in [7, 11) is 1.64. The third-order valence-corrected chi connectivity index (χ3v) is 5.49. The van der Waals surface area contributed by atoms with Crippen molar-refractivity contribution < 1.29 is 19.1 Å². The molecule has 1 fully saturated rings. The van der Waals surface area contributed by atoms with Crippen molar-refractivity contribution in [3.63, 3.8) is 0 Å². The van der Waals surface area contributed by atoms with Gasteiger partial charge in [-0.2, -0.15) is 0 Å². The highest BCUT2D eigenvalue weighted by molar-refractivity contribution is 5.95. The number of primary amides is 1. The molecule has 1 heterocycles. The number of amides is 2. The van der Waals surface area contributed by atoms with E-state index in [0.717, 1.165) is 30.7 Å². The number of benzene rings is 3. The minimum absolute atomic E-state index is 0.00989. The fourth-order valence-corrected chi connectivity index (χ4v) is 3.84. The average Bonchev–Trinajstić information content (AvgIpc) is 3.29. The summed E-state index contributed by atoms with van der Waals surface area (Å²) >= 11 is 0. The third kappa shape index (κ3) is 4.53. The zero-order valence-electron chi connectivity index (χ0n) is 17.3. The van der Waals surface area contributed by atoms with E-state index in [-0.39, 0.29) is 11.9 Å². The number of hydrogen-bond acceptors (Lipinski definition) is 4. The van der Waals surface area contributed by atoms with Gasteiger partial charge in [0.2, 0.25) is 5.91 Å². The number of rotatable bonds is 6. The maximum atomic E-state index is 13.1. The molecule has 1 aliphatic rings. The molecular formula is C25H24N2O4. The van der Waals surface area contributed by atoms with Gasteiger partial charge < -0.3 is 20.1 Å². The quantitative estimate of drug-likeness (QED) is 0.638. The van der Waals surface area contributed by atoms with Gasteiger partial charge in [0.1, 0.15) is 17.2 Å². The lowest BCUT2D eigenvalue weighted by molar-refractivity contribution is 0.0735. The first-order valence-electron chi connectivity index (χ1n) is 10.2. The normalized spacial score (nSPS) is 15.5. The van der Waals surface area contributed by atoms with Gasteiger partial charge in [-0.1, -0.05) is 12.1 Å². The van der Waals surface area contributed by atoms with Gasteiger partial charge in [0.05, 0.1) is 13.2 Å². The largest absolute Gasteiger partial charge is 0.497 e. The topological polar surface area (TPSA) is 81.9 Å². The lowest BCUT2D eigenvalue weighted by Crippen LogP contribution is -2.30. The van der Waals surface area contributed by atoms with Crippen LogP contribution in [0.5, 0.6) is 17.2 Å².